The molecule has 4 heteroatoms. The van der Waals surface area contributed by atoms with Crippen LogP contribution in [0.5, 0.6) is 0 Å². The lowest BCUT2D eigenvalue weighted by atomic mass is 9.84. The molecule has 1 N–H and O–H groups in total. The van der Waals surface area contributed by atoms with Gasteiger partial charge in [0.05, 0.1) is 10.8 Å². The molecule has 0 unspecified atom stereocenters. The summed E-state index contributed by atoms with van der Waals surface area (Å²) in [7, 11) is 0. The predicted molar refractivity (Wildman–Crippen MR) is 81.5 cm³/mol. The van der Waals surface area contributed by atoms with Crippen LogP contribution in [-0.4, -0.2) is 22.7 Å². The molecule has 2 bridgehead atoms. The van der Waals surface area contributed by atoms with Crippen molar-refractivity contribution in [2.24, 2.45) is 17.8 Å². The molecule has 1 aromatic heterocycles. The second kappa shape index (κ2) is 6.17. The quantitative estimate of drug-likeness (QED) is 0.847. The summed E-state index contributed by atoms with van der Waals surface area (Å²) < 4.78 is 0. The van der Waals surface area contributed by atoms with Crippen molar-refractivity contribution in [2.75, 3.05) is 5.75 Å². The molecule has 0 saturated heterocycles. The number of aromatic nitrogens is 1. The summed E-state index contributed by atoms with van der Waals surface area (Å²) in [6, 6.07) is 6.10. The van der Waals surface area contributed by atoms with E-state index in [1.807, 2.05) is 18.2 Å². The Balaban J connectivity index is 1.44. The number of hydrogen-bond donors (Lipinski definition) is 1. The van der Waals surface area contributed by atoms with Gasteiger partial charge in [-0.2, -0.15) is 0 Å². The van der Waals surface area contributed by atoms with Crippen molar-refractivity contribution in [2.45, 2.75) is 43.7 Å². The molecule has 0 spiro atoms. The zero-order chi connectivity index (χ0) is 13.9. The third-order valence-corrected chi connectivity index (χ3v) is 5.76. The number of amides is 1. The van der Waals surface area contributed by atoms with Crippen molar-refractivity contribution in [3.8, 4) is 0 Å². The Kier molecular flexibility index (Phi) is 4.29. The summed E-state index contributed by atoms with van der Waals surface area (Å²) in [6.07, 6.45) is 7.26. The summed E-state index contributed by atoms with van der Waals surface area (Å²) in [4.78, 5) is 16.3. The van der Waals surface area contributed by atoms with Gasteiger partial charge < -0.3 is 5.32 Å². The van der Waals surface area contributed by atoms with Crippen LogP contribution >= 0.6 is 11.8 Å². The monoisotopic (exact) mass is 290 g/mol. The predicted octanol–water partition coefficient (Wildman–Crippen LogP) is 3.11. The largest absolute Gasteiger partial charge is 0.353 e. The first-order valence-corrected chi connectivity index (χ1v) is 8.54. The van der Waals surface area contributed by atoms with Gasteiger partial charge in [0, 0.05) is 12.2 Å². The molecule has 0 radical (unpaired) electrons. The summed E-state index contributed by atoms with van der Waals surface area (Å²) in [5.41, 5.74) is 0. The van der Waals surface area contributed by atoms with Crippen molar-refractivity contribution < 1.29 is 4.79 Å². The van der Waals surface area contributed by atoms with Crippen molar-refractivity contribution in [3.63, 3.8) is 0 Å². The van der Waals surface area contributed by atoms with E-state index >= 15 is 0 Å². The molecule has 2 saturated carbocycles. The van der Waals surface area contributed by atoms with E-state index in [1.54, 1.807) is 6.20 Å². The Bertz CT molecular complexity index is 465. The Morgan fingerprint density at radius 3 is 3.00 bits per heavy atom. The first kappa shape index (κ1) is 13.9. The van der Waals surface area contributed by atoms with E-state index in [1.165, 1.54) is 37.4 Å². The van der Waals surface area contributed by atoms with Crippen molar-refractivity contribution in [3.05, 3.63) is 24.4 Å². The second-order valence-electron chi connectivity index (χ2n) is 6.15. The van der Waals surface area contributed by atoms with Gasteiger partial charge in [-0.1, -0.05) is 24.2 Å². The number of fused-ring (bicyclic) bond motifs is 2. The van der Waals surface area contributed by atoms with E-state index < -0.39 is 0 Å². The van der Waals surface area contributed by atoms with Gasteiger partial charge in [-0.3, -0.25) is 4.79 Å². The summed E-state index contributed by atoms with van der Waals surface area (Å²) in [5.74, 6) is 3.10. The molecule has 2 aliphatic carbocycles. The van der Waals surface area contributed by atoms with Crippen LogP contribution in [-0.2, 0) is 4.79 Å². The van der Waals surface area contributed by atoms with Gasteiger partial charge in [-0.15, -0.1) is 0 Å². The van der Waals surface area contributed by atoms with Crippen LogP contribution in [0.2, 0.25) is 0 Å². The second-order valence-corrected chi connectivity index (χ2v) is 7.15. The fourth-order valence-electron chi connectivity index (χ4n) is 3.88. The van der Waals surface area contributed by atoms with E-state index in [-0.39, 0.29) is 5.91 Å². The molecule has 20 heavy (non-hydrogen) atoms. The van der Waals surface area contributed by atoms with Gasteiger partial charge in [0.15, 0.2) is 0 Å². The van der Waals surface area contributed by atoms with Crippen LogP contribution in [0.3, 0.4) is 0 Å². The van der Waals surface area contributed by atoms with E-state index in [0.29, 0.717) is 17.7 Å². The minimum absolute atomic E-state index is 0.135. The highest BCUT2D eigenvalue weighted by atomic mass is 32.2. The molecular formula is C16H22N2OS. The van der Waals surface area contributed by atoms with Gasteiger partial charge in [0.25, 0.3) is 0 Å². The third-order valence-electron chi connectivity index (χ3n) is 4.81. The van der Waals surface area contributed by atoms with Crippen LogP contribution in [0, 0.1) is 17.8 Å². The number of thioether (sulfide) groups is 1. The highest BCUT2D eigenvalue weighted by Crippen LogP contribution is 2.49. The highest BCUT2D eigenvalue weighted by Gasteiger charge is 2.42. The number of nitrogens with one attached hydrogen (secondary N) is 1. The average Bonchev–Trinajstić information content (AvgIpc) is 3.09. The Morgan fingerprint density at radius 1 is 1.45 bits per heavy atom. The summed E-state index contributed by atoms with van der Waals surface area (Å²) in [5, 5.41) is 4.10. The minimum atomic E-state index is 0.135. The average molecular weight is 290 g/mol. The lowest BCUT2D eigenvalue weighted by Crippen LogP contribution is -2.40. The molecule has 1 aromatic rings. The molecule has 3 nitrogen and oxygen atoms in total. The molecular weight excluding hydrogens is 268 g/mol. The molecule has 3 rings (SSSR count). The Labute approximate surface area is 124 Å². The van der Waals surface area contributed by atoms with E-state index in [0.717, 1.165) is 16.9 Å². The molecule has 2 fully saturated rings. The van der Waals surface area contributed by atoms with Crippen LogP contribution in [0.1, 0.15) is 32.6 Å². The van der Waals surface area contributed by atoms with E-state index in [9.17, 15) is 4.79 Å². The van der Waals surface area contributed by atoms with Gasteiger partial charge in [-0.05, 0) is 56.1 Å². The maximum Gasteiger partial charge on any atom is 0.230 e. The zero-order valence-electron chi connectivity index (χ0n) is 11.9. The van der Waals surface area contributed by atoms with Crippen LogP contribution in [0.15, 0.2) is 29.4 Å². The number of pyridine rings is 1. The normalized spacial score (nSPS) is 29.4. The molecule has 1 amide bonds. The summed E-state index contributed by atoms with van der Waals surface area (Å²) >= 11 is 1.51. The first-order chi connectivity index (χ1) is 9.72. The van der Waals surface area contributed by atoms with Crippen molar-refractivity contribution in [1.82, 2.24) is 10.3 Å². The van der Waals surface area contributed by atoms with E-state index in [4.69, 9.17) is 0 Å². The Morgan fingerprint density at radius 2 is 2.35 bits per heavy atom. The molecule has 4 atom stereocenters. The number of carbonyl (C=O) groups excluding carboxylic acids is 1. The van der Waals surface area contributed by atoms with Crippen LogP contribution < -0.4 is 5.32 Å². The minimum Gasteiger partial charge on any atom is -0.353 e. The SMILES string of the molecule is C[C@H](NC(=O)CSc1ccccn1)[C@@H]1C[C@H]2CC[C@H]1C2. The maximum absolute atomic E-state index is 12.0. The lowest BCUT2D eigenvalue weighted by molar-refractivity contribution is -0.119. The smallest absolute Gasteiger partial charge is 0.230 e. The van der Waals surface area contributed by atoms with Gasteiger partial charge >= 0.3 is 0 Å². The maximum atomic E-state index is 12.0. The molecule has 1 heterocycles. The molecule has 0 aliphatic heterocycles. The third kappa shape index (κ3) is 3.17. The van der Waals surface area contributed by atoms with Crippen LogP contribution in [0.4, 0.5) is 0 Å². The fourth-order valence-corrected chi connectivity index (χ4v) is 4.55. The number of carbonyl (C=O) groups is 1. The lowest BCUT2D eigenvalue weighted by Gasteiger charge is -2.28. The standard InChI is InChI=1S/C16H22N2OS/c1-11(14-9-12-5-6-13(14)8-12)18-15(19)10-20-16-4-2-3-7-17-16/h2-4,7,11-14H,5-6,8-10H2,1H3,(H,18,19)/t11-,12-,13-,14-/m0/s1. The van der Waals surface area contributed by atoms with Crippen molar-refractivity contribution in [1.29, 1.82) is 0 Å². The van der Waals surface area contributed by atoms with Gasteiger partial charge in [-0.25, -0.2) is 4.98 Å². The van der Waals surface area contributed by atoms with Gasteiger partial charge in [0.2, 0.25) is 5.91 Å². The zero-order valence-corrected chi connectivity index (χ0v) is 12.7. The highest BCUT2D eigenvalue weighted by molar-refractivity contribution is 7.99. The van der Waals surface area contributed by atoms with Crippen molar-refractivity contribution >= 4 is 17.7 Å². The summed E-state index contributed by atoms with van der Waals surface area (Å²) in [6.45, 7) is 2.18. The molecule has 108 valence electrons. The van der Waals surface area contributed by atoms with Crippen LogP contribution in [0.25, 0.3) is 0 Å². The van der Waals surface area contributed by atoms with Gasteiger partial charge in [0.1, 0.15) is 0 Å². The fraction of sp³-hybridized carbons (Fsp3) is 0.625. The number of rotatable bonds is 5. The first-order valence-electron chi connectivity index (χ1n) is 7.55. The van der Waals surface area contributed by atoms with E-state index in [2.05, 4.69) is 17.2 Å². The Hall–Kier alpha value is -1.03. The number of nitrogens with zero attached hydrogens (tertiary/aromatic N) is 1. The molecule has 0 aromatic carbocycles. The number of hydrogen-bond acceptors (Lipinski definition) is 3. The molecule has 2 aliphatic rings. The topological polar surface area (TPSA) is 42.0 Å².